The molecular weight excluding hydrogens is 258 g/mol. The van der Waals surface area contributed by atoms with E-state index >= 15 is 0 Å². The second-order valence-corrected chi connectivity index (χ2v) is 5.96. The van der Waals surface area contributed by atoms with Crippen LogP contribution in [0.25, 0.3) is 0 Å². The zero-order valence-corrected chi connectivity index (χ0v) is 12.0. The number of rotatable bonds is 4. The van der Waals surface area contributed by atoms with Crippen molar-refractivity contribution < 1.29 is 14.1 Å². The molecule has 0 saturated carbocycles. The highest BCUT2D eigenvalue weighted by Gasteiger charge is 2.36. The Kier molecular flexibility index (Phi) is 3.52. The van der Waals surface area contributed by atoms with E-state index in [4.69, 9.17) is 9.26 Å². The Bertz CT molecular complexity index is 496. The van der Waals surface area contributed by atoms with Crippen molar-refractivity contribution >= 4 is 5.91 Å². The van der Waals surface area contributed by atoms with Crippen molar-refractivity contribution in [2.24, 2.45) is 0 Å². The molecule has 0 radical (unpaired) electrons. The van der Waals surface area contributed by atoms with Crippen LogP contribution < -0.4 is 5.32 Å². The van der Waals surface area contributed by atoms with Gasteiger partial charge in [-0.15, -0.1) is 0 Å². The fraction of sp³-hybridized carbons (Fsp3) is 0.714. The lowest BCUT2D eigenvalue weighted by molar-refractivity contribution is -0.147. The first-order chi connectivity index (χ1) is 9.57. The predicted octanol–water partition coefficient (Wildman–Crippen LogP) is 1.03. The largest absolute Gasteiger partial charge is 0.363 e. The van der Waals surface area contributed by atoms with E-state index in [0.29, 0.717) is 0 Å². The molecule has 6 nitrogen and oxygen atoms in total. The minimum atomic E-state index is -0.187. The number of carbonyl (C=O) groups excluding carboxylic acids is 1. The summed E-state index contributed by atoms with van der Waals surface area (Å²) in [5.74, 6) is 0.819. The van der Waals surface area contributed by atoms with Crippen LogP contribution in [0.1, 0.15) is 37.3 Å². The number of hydrogen-bond donors (Lipinski definition) is 1. The highest BCUT2D eigenvalue weighted by atomic mass is 16.5. The van der Waals surface area contributed by atoms with Crippen molar-refractivity contribution in [3.63, 3.8) is 0 Å². The molecule has 110 valence electrons. The smallest absolute Gasteiger partial charge is 0.249 e. The van der Waals surface area contributed by atoms with E-state index in [9.17, 15) is 4.79 Å². The lowest BCUT2D eigenvalue weighted by atomic mass is 10.0. The number of amides is 1. The molecule has 0 aromatic carbocycles. The summed E-state index contributed by atoms with van der Waals surface area (Å²) in [6.07, 6.45) is 1.92. The Hall–Kier alpha value is -1.40. The molecule has 0 aliphatic carbocycles. The average Bonchev–Trinajstić information content (AvgIpc) is 3.01. The summed E-state index contributed by atoms with van der Waals surface area (Å²) >= 11 is 0. The molecule has 6 heteroatoms. The van der Waals surface area contributed by atoms with Crippen molar-refractivity contribution in [2.75, 3.05) is 26.2 Å². The molecule has 2 saturated heterocycles. The maximum atomic E-state index is 12.3. The van der Waals surface area contributed by atoms with Crippen molar-refractivity contribution in [1.82, 2.24) is 15.4 Å². The summed E-state index contributed by atoms with van der Waals surface area (Å²) in [6, 6.07) is 1.92. The van der Waals surface area contributed by atoms with E-state index in [2.05, 4.69) is 10.5 Å². The van der Waals surface area contributed by atoms with Crippen molar-refractivity contribution in [2.45, 2.75) is 38.3 Å². The lowest BCUT2D eigenvalue weighted by Gasteiger charge is -2.39. The number of nitrogens with zero attached hydrogens (tertiary/aromatic N) is 2. The number of nitrogens with one attached hydrogen (secondary N) is 1. The van der Waals surface area contributed by atoms with Crippen LogP contribution in [0, 0.1) is 6.92 Å². The van der Waals surface area contributed by atoms with Gasteiger partial charge in [-0.1, -0.05) is 5.16 Å². The molecule has 1 amide bonds. The third kappa shape index (κ3) is 2.58. The molecule has 20 heavy (non-hydrogen) atoms. The Balaban J connectivity index is 1.61. The van der Waals surface area contributed by atoms with E-state index < -0.39 is 0 Å². The third-order valence-electron chi connectivity index (χ3n) is 4.09. The summed E-state index contributed by atoms with van der Waals surface area (Å²) in [5, 5.41) is 7.07. The molecule has 2 fully saturated rings. The number of hydrogen-bond acceptors (Lipinski definition) is 5. The Morgan fingerprint density at radius 1 is 1.65 bits per heavy atom. The lowest BCUT2D eigenvalue weighted by Crippen LogP contribution is -2.59. The molecule has 3 rings (SSSR count). The minimum absolute atomic E-state index is 0.0135. The highest BCUT2D eigenvalue weighted by Crippen LogP contribution is 2.32. The minimum Gasteiger partial charge on any atom is -0.363 e. The fourth-order valence-electron chi connectivity index (χ4n) is 2.80. The summed E-state index contributed by atoms with van der Waals surface area (Å²) < 4.78 is 11.0. The van der Waals surface area contributed by atoms with Crippen LogP contribution in [-0.4, -0.2) is 47.8 Å². The molecule has 3 heterocycles. The summed E-state index contributed by atoms with van der Waals surface area (Å²) in [7, 11) is 0. The number of carbonyl (C=O) groups is 1. The Morgan fingerprint density at radius 3 is 3.05 bits per heavy atom. The van der Waals surface area contributed by atoms with Crippen LogP contribution in [0.3, 0.4) is 0 Å². The van der Waals surface area contributed by atoms with Gasteiger partial charge in [-0.3, -0.25) is 4.79 Å². The standard InChI is InChI=1S/C14H21N3O3/c1-10-6-12(20-16-10)11-4-3-5-17(11)13(18)7-19-14(2)8-15-9-14/h6,11,15H,3-5,7-9H2,1-2H3. The van der Waals surface area contributed by atoms with Gasteiger partial charge in [0.1, 0.15) is 6.61 Å². The van der Waals surface area contributed by atoms with Crippen LogP contribution in [-0.2, 0) is 9.53 Å². The second kappa shape index (κ2) is 5.18. The van der Waals surface area contributed by atoms with Gasteiger partial charge in [0, 0.05) is 25.7 Å². The Morgan fingerprint density at radius 2 is 2.45 bits per heavy atom. The van der Waals surface area contributed by atoms with Crippen LogP contribution >= 0.6 is 0 Å². The van der Waals surface area contributed by atoms with Gasteiger partial charge in [0.25, 0.3) is 0 Å². The van der Waals surface area contributed by atoms with Crippen LogP contribution in [0.2, 0.25) is 0 Å². The second-order valence-electron chi connectivity index (χ2n) is 5.96. The van der Waals surface area contributed by atoms with Crippen LogP contribution in [0.5, 0.6) is 0 Å². The monoisotopic (exact) mass is 279 g/mol. The van der Waals surface area contributed by atoms with E-state index in [1.807, 2.05) is 24.8 Å². The number of aromatic nitrogens is 1. The first kappa shape index (κ1) is 13.6. The zero-order chi connectivity index (χ0) is 14.2. The van der Waals surface area contributed by atoms with Gasteiger partial charge in [0.15, 0.2) is 5.76 Å². The van der Waals surface area contributed by atoms with Gasteiger partial charge in [-0.2, -0.15) is 0 Å². The van der Waals surface area contributed by atoms with E-state index in [0.717, 1.165) is 43.9 Å². The van der Waals surface area contributed by atoms with E-state index in [1.54, 1.807) is 0 Å². The maximum absolute atomic E-state index is 12.3. The molecule has 2 aliphatic rings. The third-order valence-corrected chi connectivity index (χ3v) is 4.09. The normalized spacial score (nSPS) is 24.7. The molecule has 0 spiro atoms. The molecule has 1 aromatic heterocycles. The molecule has 1 unspecified atom stereocenters. The van der Waals surface area contributed by atoms with E-state index in [-0.39, 0.29) is 24.2 Å². The molecule has 1 aromatic rings. The van der Waals surface area contributed by atoms with Crippen LogP contribution in [0.15, 0.2) is 10.6 Å². The highest BCUT2D eigenvalue weighted by molar-refractivity contribution is 5.78. The van der Waals surface area contributed by atoms with Gasteiger partial charge >= 0.3 is 0 Å². The molecular formula is C14H21N3O3. The van der Waals surface area contributed by atoms with Crippen molar-refractivity contribution in [3.05, 3.63) is 17.5 Å². The first-order valence-electron chi connectivity index (χ1n) is 7.15. The van der Waals surface area contributed by atoms with Gasteiger partial charge in [-0.05, 0) is 26.7 Å². The van der Waals surface area contributed by atoms with Gasteiger partial charge in [0.05, 0.1) is 17.3 Å². The topological polar surface area (TPSA) is 67.6 Å². The maximum Gasteiger partial charge on any atom is 0.249 e. The quantitative estimate of drug-likeness (QED) is 0.891. The van der Waals surface area contributed by atoms with Crippen molar-refractivity contribution in [1.29, 1.82) is 0 Å². The number of aryl methyl sites for hydroxylation is 1. The zero-order valence-electron chi connectivity index (χ0n) is 12.0. The number of likely N-dealkylation sites (tertiary alicyclic amines) is 1. The summed E-state index contributed by atoms with van der Waals surface area (Å²) in [5.41, 5.74) is 0.664. The van der Waals surface area contributed by atoms with Gasteiger partial charge in [0.2, 0.25) is 5.91 Å². The summed E-state index contributed by atoms with van der Waals surface area (Å²) in [6.45, 7) is 6.44. The van der Waals surface area contributed by atoms with E-state index in [1.165, 1.54) is 0 Å². The number of ether oxygens (including phenoxy) is 1. The van der Waals surface area contributed by atoms with Gasteiger partial charge < -0.3 is 19.5 Å². The Labute approximate surface area is 118 Å². The SMILES string of the molecule is Cc1cc(C2CCCN2C(=O)COC2(C)CNC2)on1. The molecule has 1 atom stereocenters. The van der Waals surface area contributed by atoms with Gasteiger partial charge in [-0.25, -0.2) is 0 Å². The summed E-state index contributed by atoms with van der Waals surface area (Å²) in [4.78, 5) is 14.2. The molecule has 2 aliphatic heterocycles. The fourth-order valence-corrected chi connectivity index (χ4v) is 2.80. The average molecular weight is 279 g/mol. The van der Waals surface area contributed by atoms with Crippen LogP contribution in [0.4, 0.5) is 0 Å². The predicted molar refractivity (Wildman–Crippen MR) is 72.2 cm³/mol. The first-order valence-corrected chi connectivity index (χ1v) is 7.15. The molecule has 1 N–H and O–H groups in total. The molecule has 0 bridgehead atoms. The van der Waals surface area contributed by atoms with Crippen molar-refractivity contribution in [3.8, 4) is 0 Å².